The molecule has 0 heterocycles. The standard InChI is InChI=1S/C69H114O6/c1-4-7-10-13-16-19-22-25-28-31-34-37-40-43-46-49-52-55-58-61-67(70)73-64-66(75-69(72)63-60-57-54-51-48-45-42-39-36-33-30-27-24-21-18-15-12-9-6-3)65-74-68(71)62-59-56-53-50-47-44-41-38-35-32-29-26-23-20-17-14-11-8-5-2/h7,10,16-21,25-30,34-35,37-38,43,46,66H,4-6,8-9,11-15,22-24,31-33,36,39-42,44-45,47-65H2,1-3H3/b10-7-,19-16-,20-17-,21-18-,28-25-,29-26-,30-27-,37-34-,38-35-,46-43-/t66-/m0/s1. The Bertz CT molecular complexity index is 1570. The predicted octanol–water partition coefficient (Wildman–Crippen LogP) is 21.2. The maximum absolute atomic E-state index is 12.9. The lowest BCUT2D eigenvalue weighted by atomic mass is 10.1. The van der Waals surface area contributed by atoms with Crippen molar-refractivity contribution in [3.05, 3.63) is 122 Å². The number of esters is 3. The number of ether oxygens (including phenoxy) is 3. The van der Waals surface area contributed by atoms with Crippen LogP contribution in [0.25, 0.3) is 0 Å². The van der Waals surface area contributed by atoms with Crippen molar-refractivity contribution in [3.8, 4) is 0 Å². The highest BCUT2D eigenvalue weighted by Gasteiger charge is 2.19. The van der Waals surface area contributed by atoms with Crippen LogP contribution in [0.3, 0.4) is 0 Å². The third-order valence-corrected chi connectivity index (χ3v) is 12.9. The molecule has 0 saturated heterocycles. The Labute approximate surface area is 462 Å². The van der Waals surface area contributed by atoms with Crippen molar-refractivity contribution >= 4 is 17.9 Å². The lowest BCUT2D eigenvalue weighted by Gasteiger charge is -2.18. The summed E-state index contributed by atoms with van der Waals surface area (Å²) in [4.78, 5) is 38.3. The number of hydrogen-bond donors (Lipinski definition) is 0. The van der Waals surface area contributed by atoms with Gasteiger partial charge in [0.25, 0.3) is 0 Å². The van der Waals surface area contributed by atoms with Gasteiger partial charge >= 0.3 is 17.9 Å². The summed E-state index contributed by atoms with van der Waals surface area (Å²) < 4.78 is 16.9. The Hall–Kier alpha value is -4.19. The van der Waals surface area contributed by atoms with E-state index in [9.17, 15) is 14.4 Å². The monoisotopic (exact) mass is 1040 g/mol. The average molecular weight is 1040 g/mol. The molecule has 0 aromatic rings. The second kappa shape index (κ2) is 62.4. The molecule has 0 N–H and O–H groups in total. The van der Waals surface area contributed by atoms with Crippen LogP contribution in [0.15, 0.2) is 122 Å². The quantitative estimate of drug-likeness (QED) is 0.0261. The molecule has 6 nitrogen and oxygen atoms in total. The minimum absolute atomic E-state index is 0.0998. The molecule has 0 fully saturated rings. The van der Waals surface area contributed by atoms with Gasteiger partial charge in [0.15, 0.2) is 6.10 Å². The summed E-state index contributed by atoms with van der Waals surface area (Å²) in [5, 5.41) is 0. The predicted molar refractivity (Wildman–Crippen MR) is 325 cm³/mol. The first-order chi connectivity index (χ1) is 37.0. The first-order valence-corrected chi connectivity index (χ1v) is 31.0. The summed E-state index contributed by atoms with van der Waals surface area (Å²) in [6, 6.07) is 0. The van der Waals surface area contributed by atoms with Crippen LogP contribution in [0, 0.1) is 0 Å². The summed E-state index contributed by atoms with van der Waals surface area (Å²) in [5.41, 5.74) is 0. The van der Waals surface area contributed by atoms with Crippen molar-refractivity contribution in [2.75, 3.05) is 13.2 Å². The van der Waals surface area contributed by atoms with Crippen LogP contribution >= 0.6 is 0 Å². The smallest absolute Gasteiger partial charge is 0.306 e. The zero-order chi connectivity index (χ0) is 54.3. The van der Waals surface area contributed by atoms with Gasteiger partial charge in [-0.25, -0.2) is 0 Å². The van der Waals surface area contributed by atoms with Crippen LogP contribution in [-0.4, -0.2) is 37.2 Å². The Morgan fingerprint density at radius 3 is 0.827 bits per heavy atom. The van der Waals surface area contributed by atoms with Gasteiger partial charge in [-0.15, -0.1) is 0 Å². The first kappa shape index (κ1) is 70.8. The van der Waals surface area contributed by atoms with E-state index in [-0.39, 0.29) is 31.1 Å². The fraction of sp³-hybridized carbons (Fsp3) is 0.667. The third kappa shape index (κ3) is 60.6. The summed E-state index contributed by atoms with van der Waals surface area (Å²) in [7, 11) is 0. The molecule has 0 saturated carbocycles. The molecule has 0 amide bonds. The number of unbranched alkanes of at least 4 members (excludes halogenated alkanes) is 24. The van der Waals surface area contributed by atoms with E-state index >= 15 is 0 Å². The number of hydrogen-bond acceptors (Lipinski definition) is 6. The van der Waals surface area contributed by atoms with Crippen molar-refractivity contribution < 1.29 is 28.6 Å². The molecule has 0 unspecified atom stereocenters. The fourth-order valence-electron chi connectivity index (χ4n) is 8.27. The first-order valence-electron chi connectivity index (χ1n) is 31.0. The number of allylic oxidation sites excluding steroid dienone is 20. The maximum atomic E-state index is 12.9. The normalized spacial score (nSPS) is 12.9. The summed E-state index contributed by atoms with van der Waals surface area (Å²) in [5.74, 6) is -0.945. The molecular formula is C69H114O6. The molecular weight excluding hydrogens is 925 g/mol. The molecule has 426 valence electrons. The Morgan fingerprint density at radius 1 is 0.280 bits per heavy atom. The van der Waals surface area contributed by atoms with Crippen LogP contribution in [0.2, 0.25) is 0 Å². The highest BCUT2D eigenvalue weighted by molar-refractivity contribution is 5.71. The molecule has 0 spiro atoms. The van der Waals surface area contributed by atoms with Crippen molar-refractivity contribution in [1.29, 1.82) is 0 Å². The molecule has 6 heteroatoms. The molecule has 0 aliphatic carbocycles. The van der Waals surface area contributed by atoms with Gasteiger partial charge in [-0.1, -0.05) is 245 Å². The van der Waals surface area contributed by atoms with E-state index in [1.165, 1.54) is 109 Å². The molecule has 0 aliphatic heterocycles. The number of carbonyl (C=O) groups is 3. The second-order valence-corrected chi connectivity index (χ2v) is 20.2. The van der Waals surface area contributed by atoms with Crippen molar-refractivity contribution in [2.45, 2.75) is 284 Å². The molecule has 0 bridgehead atoms. The van der Waals surface area contributed by atoms with Crippen molar-refractivity contribution in [1.82, 2.24) is 0 Å². The molecule has 0 aromatic carbocycles. The largest absolute Gasteiger partial charge is 0.462 e. The van der Waals surface area contributed by atoms with E-state index in [4.69, 9.17) is 14.2 Å². The molecule has 1 atom stereocenters. The van der Waals surface area contributed by atoms with Crippen LogP contribution in [-0.2, 0) is 28.6 Å². The fourth-order valence-corrected chi connectivity index (χ4v) is 8.27. The van der Waals surface area contributed by atoms with Crippen molar-refractivity contribution in [2.24, 2.45) is 0 Å². The molecule has 0 rings (SSSR count). The highest BCUT2D eigenvalue weighted by Crippen LogP contribution is 2.15. The average Bonchev–Trinajstić information content (AvgIpc) is 3.41. The van der Waals surface area contributed by atoms with Crippen molar-refractivity contribution in [3.63, 3.8) is 0 Å². The highest BCUT2D eigenvalue weighted by atomic mass is 16.6. The van der Waals surface area contributed by atoms with Gasteiger partial charge in [-0.2, -0.15) is 0 Å². The van der Waals surface area contributed by atoms with E-state index in [1.807, 2.05) is 0 Å². The summed E-state index contributed by atoms with van der Waals surface area (Å²) in [6.07, 6.45) is 86.1. The molecule has 0 aliphatic rings. The molecule has 75 heavy (non-hydrogen) atoms. The van der Waals surface area contributed by atoms with Crippen LogP contribution in [0.5, 0.6) is 0 Å². The maximum Gasteiger partial charge on any atom is 0.306 e. The van der Waals surface area contributed by atoms with Crippen LogP contribution in [0.4, 0.5) is 0 Å². The third-order valence-electron chi connectivity index (χ3n) is 12.9. The van der Waals surface area contributed by atoms with Crippen LogP contribution < -0.4 is 0 Å². The Kier molecular flexibility index (Phi) is 58.9. The van der Waals surface area contributed by atoms with E-state index < -0.39 is 6.10 Å². The Morgan fingerprint density at radius 2 is 0.520 bits per heavy atom. The minimum Gasteiger partial charge on any atom is -0.462 e. The van der Waals surface area contributed by atoms with E-state index in [0.717, 1.165) is 128 Å². The van der Waals surface area contributed by atoms with E-state index in [0.29, 0.717) is 19.3 Å². The van der Waals surface area contributed by atoms with E-state index in [1.54, 1.807) is 0 Å². The summed E-state index contributed by atoms with van der Waals surface area (Å²) in [6.45, 7) is 6.44. The lowest BCUT2D eigenvalue weighted by Crippen LogP contribution is -2.30. The van der Waals surface area contributed by atoms with E-state index in [2.05, 4.69) is 142 Å². The lowest BCUT2D eigenvalue weighted by molar-refractivity contribution is -0.167. The molecule has 0 aromatic heterocycles. The zero-order valence-corrected chi connectivity index (χ0v) is 48.8. The number of rotatable bonds is 55. The number of carbonyl (C=O) groups excluding carboxylic acids is 3. The molecule has 0 radical (unpaired) electrons. The van der Waals surface area contributed by atoms with Gasteiger partial charge in [0.05, 0.1) is 0 Å². The topological polar surface area (TPSA) is 78.9 Å². The van der Waals surface area contributed by atoms with Gasteiger partial charge in [-0.05, 0) is 135 Å². The summed E-state index contributed by atoms with van der Waals surface area (Å²) >= 11 is 0. The van der Waals surface area contributed by atoms with Gasteiger partial charge in [-0.3, -0.25) is 14.4 Å². The zero-order valence-electron chi connectivity index (χ0n) is 48.8. The van der Waals surface area contributed by atoms with Gasteiger partial charge in [0.1, 0.15) is 13.2 Å². The van der Waals surface area contributed by atoms with Gasteiger partial charge < -0.3 is 14.2 Å². The Balaban J connectivity index is 4.49. The van der Waals surface area contributed by atoms with Gasteiger partial charge in [0, 0.05) is 19.3 Å². The van der Waals surface area contributed by atoms with Gasteiger partial charge in [0.2, 0.25) is 0 Å². The second-order valence-electron chi connectivity index (χ2n) is 20.2. The minimum atomic E-state index is -0.805. The van der Waals surface area contributed by atoms with Crippen LogP contribution in [0.1, 0.15) is 278 Å². The SMILES string of the molecule is CC/C=C\C/C=C\C/C=C\C/C=C\C/C=C\CCCCCC(=O)OC[C@@H](COC(=O)CCCCCCCC/C=C\C/C=C\C/C=C\CCCCC)OC(=O)CCCCCCCCCCC/C=C\C/C=C\CCCCC.